The topological polar surface area (TPSA) is 50.1 Å². The Labute approximate surface area is 97.7 Å². The van der Waals surface area contributed by atoms with E-state index < -0.39 is 0 Å². The molecule has 1 aromatic heterocycles. The maximum Gasteiger partial charge on any atom is 0.148 e. The van der Waals surface area contributed by atoms with Crippen LogP contribution in [0.3, 0.4) is 0 Å². The Kier molecular flexibility index (Phi) is 2.42. The molecule has 0 spiro atoms. The normalized spacial score (nSPS) is 14.0. The molecular weight excluding hydrogens is 221 g/mol. The van der Waals surface area contributed by atoms with Crippen LogP contribution in [0.5, 0.6) is 0 Å². The molecule has 0 atom stereocenters. The largest absolute Gasteiger partial charge is 0.390 e. The monoisotopic (exact) mass is 233 g/mol. The van der Waals surface area contributed by atoms with E-state index in [-0.39, 0.29) is 12.4 Å². The van der Waals surface area contributed by atoms with E-state index >= 15 is 0 Å². The molecule has 5 heteroatoms. The van der Waals surface area contributed by atoms with E-state index in [4.69, 9.17) is 0 Å². The zero-order valence-electron chi connectivity index (χ0n) is 9.15. The average Bonchev–Trinajstić information content (AvgIpc) is 2.89. The quantitative estimate of drug-likeness (QED) is 0.816. The van der Waals surface area contributed by atoms with Gasteiger partial charge in [-0.2, -0.15) is 5.10 Å². The van der Waals surface area contributed by atoms with Gasteiger partial charge in [0, 0.05) is 18.7 Å². The minimum absolute atomic E-state index is 0.141. The minimum Gasteiger partial charge on any atom is -0.390 e. The van der Waals surface area contributed by atoms with Crippen molar-refractivity contribution in [3.05, 3.63) is 47.0 Å². The van der Waals surface area contributed by atoms with E-state index in [1.807, 2.05) is 0 Å². The van der Waals surface area contributed by atoms with E-state index in [1.54, 1.807) is 18.2 Å². The van der Waals surface area contributed by atoms with Crippen LogP contribution >= 0.6 is 0 Å². The van der Waals surface area contributed by atoms with Crippen molar-refractivity contribution in [3.63, 3.8) is 0 Å². The van der Waals surface area contributed by atoms with Gasteiger partial charge < -0.3 is 10.4 Å². The molecule has 88 valence electrons. The molecule has 4 nitrogen and oxygen atoms in total. The summed E-state index contributed by atoms with van der Waals surface area (Å²) < 4.78 is 15.2. The van der Waals surface area contributed by atoms with Crippen LogP contribution in [0.4, 0.5) is 4.39 Å². The second-order valence-electron chi connectivity index (χ2n) is 4.00. The number of benzene rings is 1. The van der Waals surface area contributed by atoms with E-state index in [0.29, 0.717) is 24.5 Å². The number of aliphatic hydroxyl groups is 1. The summed E-state index contributed by atoms with van der Waals surface area (Å²) in [6.45, 7) is 1.21. The number of hydrogen-bond acceptors (Lipinski definition) is 3. The van der Waals surface area contributed by atoms with Gasteiger partial charge in [0.1, 0.15) is 11.5 Å². The number of fused-ring (bicyclic) bond motifs is 1. The number of para-hydroxylation sites is 1. The Balaban J connectivity index is 2.19. The third-order valence-electron chi connectivity index (χ3n) is 3.00. The molecule has 0 amide bonds. The molecule has 0 unspecified atom stereocenters. The molecule has 0 fully saturated rings. The summed E-state index contributed by atoms with van der Waals surface area (Å²) in [5.41, 5.74) is 2.91. The van der Waals surface area contributed by atoms with Gasteiger partial charge >= 0.3 is 0 Å². The number of hydrogen-bond donors (Lipinski definition) is 2. The van der Waals surface area contributed by atoms with Crippen LogP contribution in [-0.2, 0) is 19.7 Å². The highest BCUT2D eigenvalue weighted by atomic mass is 19.1. The number of nitrogens with one attached hydrogen (secondary N) is 1. The van der Waals surface area contributed by atoms with Gasteiger partial charge in [0.2, 0.25) is 0 Å². The summed E-state index contributed by atoms with van der Waals surface area (Å²) >= 11 is 0. The maximum absolute atomic E-state index is 13.7. The molecule has 0 aliphatic carbocycles. The van der Waals surface area contributed by atoms with E-state index in [9.17, 15) is 9.50 Å². The van der Waals surface area contributed by atoms with Crippen LogP contribution in [0.1, 0.15) is 17.0 Å². The number of nitrogens with zero attached hydrogens (tertiary/aromatic N) is 2. The third-order valence-corrected chi connectivity index (χ3v) is 3.00. The highest BCUT2D eigenvalue weighted by Gasteiger charge is 2.22. The molecule has 3 rings (SSSR count). The lowest BCUT2D eigenvalue weighted by Gasteiger charge is -2.08. The molecule has 2 aromatic rings. The number of rotatable bonds is 2. The summed E-state index contributed by atoms with van der Waals surface area (Å²) in [4.78, 5) is 0. The van der Waals surface area contributed by atoms with Gasteiger partial charge in [-0.1, -0.05) is 12.1 Å². The summed E-state index contributed by atoms with van der Waals surface area (Å²) in [6, 6.07) is 6.44. The third kappa shape index (κ3) is 1.55. The number of aliphatic hydroxyl groups excluding tert-OH is 1. The Morgan fingerprint density at radius 2 is 2.18 bits per heavy atom. The standard InChI is InChI=1S/C12H12FN3O/c13-9-3-1-2-4-11(9)16-12(7-17)8-5-14-6-10(8)15-16/h1-4,14,17H,5-7H2. The van der Waals surface area contributed by atoms with Crippen LogP contribution in [0.15, 0.2) is 24.3 Å². The first-order valence-corrected chi connectivity index (χ1v) is 5.47. The summed E-state index contributed by atoms with van der Waals surface area (Å²) in [7, 11) is 0. The van der Waals surface area contributed by atoms with Gasteiger partial charge in [-0.15, -0.1) is 0 Å². The first kappa shape index (κ1) is 10.4. The average molecular weight is 233 g/mol. The van der Waals surface area contributed by atoms with Crippen molar-refractivity contribution in [1.82, 2.24) is 15.1 Å². The Morgan fingerprint density at radius 3 is 2.94 bits per heavy atom. The predicted octanol–water partition coefficient (Wildman–Crippen LogP) is 1.11. The Bertz CT molecular complexity index is 565. The number of halogens is 1. The van der Waals surface area contributed by atoms with Gasteiger partial charge in [-0.25, -0.2) is 9.07 Å². The second kappa shape index (κ2) is 3.94. The zero-order valence-corrected chi connectivity index (χ0v) is 9.15. The SMILES string of the molecule is OCc1c2c(nn1-c1ccccc1F)CNC2. The van der Waals surface area contributed by atoms with Gasteiger partial charge in [0.15, 0.2) is 0 Å². The molecule has 0 saturated carbocycles. The fraction of sp³-hybridized carbons (Fsp3) is 0.250. The van der Waals surface area contributed by atoms with Crippen LogP contribution in [0, 0.1) is 5.82 Å². The summed E-state index contributed by atoms with van der Waals surface area (Å²) in [5, 5.41) is 16.9. The van der Waals surface area contributed by atoms with Crippen LogP contribution in [0.25, 0.3) is 5.69 Å². The van der Waals surface area contributed by atoms with Crippen molar-refractivity contribution >= 4 is 0 Å². The van der Waals surface area contributed by atoms with Crippen LogP contribution in [-0.4, -0.2) is 14.9 Å². The smallest absolute Gasteiger partial charge is 0.148 e. The van der Waals surface area contributed by atoms with Crippen molar-refractivity contribution < 1.29 is 9.50 Å². The fourth-order valence-corrected chi connectivity index (χ4v) is 2.17. The molecule has 0 saturated heterocycles. The summed E-state index contributed by atoms with van der Waals surface area (Å²) in [6.07, 6.45) is 0. The van der Waals surface area contributed by atoms with Crippen molar-refractivity contribution in [3.8, 4) is 5.69 Å². The van der Waals surface area contributed by atoms with Gasteiger partial charge in [0.25, 0.3) is 0 Å². The highest BCUT2D eigenvalue weighted by molar-refractivity contribution is 5.39. The van der Waals surface area contributed by atoms with Crippen molar-refractivity contribution in [1.29, 1.82) is 0 Å². The molecule has 17 heavy (non-hydrogen) atoms. The lowest BCUT2D eigenvalue weighted by atomic mass is 10.2. The Hall–Kier alpha value is -1.72. The lowest BCUT2D eigenvalue weighted by Crippen LogP contribution is -2.10. The van der Waals surface area contributed by atoms with Gasteiger partial charge in [-0.3, -0.25) is 0 Å². The summed E-state index contributed by atoms with van der Waals surface area (Å²) in [5.74, 6) is -0.337. The molecule has 0 bridgehead atoms. The predicted molar refractivity (Wildman–Crippen MR) is 60.0 cm³/mol. The van der Waals surface area contributed by atoms with Crippen LogP contribution < -0.4 is 5.32 Å². The number of aromatic nitrogens is 2. The van der Waals surface area contributed by atoms with Crippen molar-refractivity contribution in [2.45, 2.75) is 19.7 Å². The lowest BCUT2D eigenvalue weighted by molar-refractivity contribution is 0.271. The van der Waals surface area contributed by atoms with Gasteiger partial charge in [-0.05, 0) is 12.1 Å². The first-order valence-electron chi connectivity index (χ1n) is 5.47. The molecule has 0 radical (unpaired) electrons. The molecule has 1 aliphatic rings. The second-order valence-corrected chi connectivity index (χ2v) is 4.00. The zero-order chi connectivity index (χ0) is 11.8. The molecule has 1 aliphatic heterocycles. The van der Waals surface area contributed by atoms with Crippen molar-refractivity contribution in [2.75, 3.05) is 0 Å². The highest BCUT2D eigenvalue weighted by Crippen LogP contribution is 2.23. The minimum atomic E-state index is -0.337. The first-order chi connectivity index (χ1) is 8.31. The molecule has 1 aromatic carbocycles. The maximum atomic E-state index is 13.7. The molecule has 2 N–H and O–H groups in total. The van der Waals surface area contributed by atoms with Crippen molar-refractivity contribution in [2.24, 2.45) is 0 Å². The fourth-order valence-electron chi connectivity index (χ4n) is 2.17. The molecular formula is C12H12FN3O. The van der Waals surface area contributed by atoms with Crippen LogP contribution in [0.2, 0.25) is 0 Å². The molecule has 2 heterocycles. The van der Waals surface area contributed by atoms with E-state index in [1.165, 1.54) is 10.7 Å². The van der Waals surface area contributed by atoms with E-state index in [2.05, 4.69) is 10.4 Å². The Morgan fingerprint density at radius 1 is 1.35 bits per heavy atom. The van der Waals surface area contributed by atoms with Gasteiger partial charge in [0.05, 0.1) is 18.0 Å². The van der Waals surface area contributed by atoms with E-state index in [0.717, 1.165) is 11.3 Å².